The first-order chi connectivity index (χ1) is 12.5. The zero-order valence-electron chi connectivity index (χ0n) is 14.0. The summed E-state index contributed by atoms with van der Waals surface area (Å²) < 4.78 is 11.7. The highest BCUT2D eigenvalue weighted by Crippen LogP contribution is 2.27. The number of nitrogens with zero attached hydrogens (tertiary/aromatic N) is 2. The minimum absolute atomic E-state index is 0.101. The molecule has 1 aliphatic rings. The van der Waals surface area contributed by atoms with E-state index in [2.05, 4.69) is 10.3 Å². The van der Waals surface area contributed by atoms with Crippen molar-refractivity contribution in [1.29, 1.82) is 0 Å². The number of aromatic nitrogens is 2. The van der Waals surface area contributed by atoms with Crippen molar-refractivity contribution in [2.24, 2.45) is 0 Å². The van der Waals surface area contributed by atoms with Gasteiger partial charge in [0, 0.05) is 18.2 Å². The quantitative estimate of drug-likeness (QED) is 0.692. The summed E-state index contributed by atoms with van der Waals surface area (Å²) in [5.74, 6) is 0.316. The summed E-state index contributed by atoms with van der Waals surface area (Å²) in [5.41, 5.74) is -0.238. The largest absolute Gasteiger partial charge is 0.497 e. The highest BCUT2D eigenvalue weighted by atomic mass is 16.5. The standard InChI is InChI=1S/C17H19N3O6/c1-25-11-4-2-10(3-5-11)16(23)18-14-6-7-20(17(24)19-14)15-8-12(22)13(9-21)26-15/h2-7,12-13,15,21-22H,8-9H2,1H3,(H,18,19,23,24)/t12-,13+,15+/m0/s1. The highest BCUT2D eigenvalue weighted by molar-refractivity contribution is 6.03. The number of amides is 1. The van der Waals surface area contributed by atoms with E-state index in [1.54, 1.807) is 24.3 Å². The zero-order chi connectivity index (χ0) is 18.7. The third-order valence-electron chi connectivity index (χ3n) is 4.12. The van der Waals surface area contributed by atoms with E-state index >= 15 is 0 Å². The van der Waals surface area contributed by atoms with Crippen LogP contribution in [0.25, 0.3) is 0 Å². The smallest absolute Gasteiger partial charge is 0.351 e. The number of nitrogens with one attached hydrogen (secondary N) is 1. The third kappa shape index (κ3) is 3.74. The fourth-order valence-electron chi connectivity index (χ4n) is 2.68. The molecule has 0 radical (unpaired) electrons. The van der Waals surface area contributed by atoms with Gasteiger partial charge in [-0.25, -0.2) is 4.79 Å². The van der Waals surface area contributed by atoms with Crippen LogP contribution in [0.15, 0.2) is 41.3 Å². The lowest BCUT2D eigenvalue weighted by Gasteiger charge is -2.14. The Balaban J connectivity index is 1.71. The van der Waals surface area contributed by atoms with Gasteiger partial charge in [0.1, 0.15) is 23.9 Å². The molecule has 1 aromatic carbocycles. The first-order valence-electron chi connectivity index (χ1n) is 8.01. The maximum absolute atomic E-state index is 12.2. The Kier molecular flexibility index (Phi) is 5.31. The normalized spacial score (nSPS) is 22.2. The van der Waals surface area contributed by atoms with Crippen LogP contribution in [0, 0.1) is 0 Å². The molecular weight excluding hydrogens is 342 g/mol. The molecule has 26 heavy (non-hydrogen) atoms. The van der Waals surface area contributed by atoms with Crippen molar-refractivity contribution in [2.45, 2.75) is 24.9 Å². The van der Waals surface area contributed by atoms with E-state index < -0.39 is 30.0 Å². The molecule has 9 heteroatoms. The average molecular weight is 361 g/mol. The Bertz CT molecular complexity index is 835. The monoisotopic (exact) mass is 361 g/mol. The van der Waals surface area contributed by atoms with E-state index in [4.69, 9.17) is 14.6 Å². The van der Waals surface area contributed by atoms with E-state index in [0.29, 0.717) is 11.3 Å². The van der Waals surface area contributed by atoms with Crippen molar-refractivity contribution < 1.29 is 24.5 Å². The summed E-state index contributed by atoms with van der Waals surface area (Å²) in [6.45, 7) is -0.337. The number of methoxy groups -OCH3 is 1. The molecule has 3 atom stereocenters. The van der Waals surface area contributed by atoms with E-state index in [1.807, 2.05) is 0 Å². The number of ether oxygens (including phenoxy) is 2. The molecule has 1 amide bonds. The number of aliphatic hydroxyl groups excluding tert-OH is 2. The maximum atomic E-state index is 12.2. The molecule has 138 valence electrons. The van der Waals surface area contributed by atoms with Crippen LogP contribution in [0.4, 0.5) is 5.82 Å². The average Bonchev–Trinajstić information content (AvgIpc) is 3.02. The SMILES string of the molecule is COc1ccc(C(=O)Nc2ccn([C@H]3C[C@H](O)[C@@H](CO)O3)c(=O)n2)cc1. The molecule has 9 nitrogen and oxygen atoms in total. The van der Waals surface area contributed by atoms with E-state index in [9.17, 15) is 14.7 Å². The molecule has 0 unspecified atom stereocenters. The lowest BCUT2D eigenvalue weighted by atomic mass is 10.2. The van der Waals surface area contributed by atoms with Crippen LogP contribution in [0.5, 0.6) is 5.75 Å². The van der Waals surface area contributed by atoms with Gasteiger partial charge in [-0.3, -0.25) is 9.36 Å². The van der Waals surface area contributed by atoms with Gasteiger partial charge < -0.3 is 25.0 Å². The number of aliphatic hydroxyl groups is 2. The maximum Gasteiger partial charge on any atom is 0.351 e. The molecule has 0 spiro atoms. The number of carbonyl (C=O) groups excluding carboxylic acids is 1. The summed E-state index contributed by atoms with van der Waals surface area (Å²) in [6.07, 6.45) is -0.707. The van der Waals surface area contributed by atoms with Crippen molar-refractivity contribution in [2.75, 3.05) is 19.0 Å². The van der Waals surface area contributed by atoms with E-state index in [1.165, 1.54) is 23.9 Å². The molecule has 0 bridgehead atoms. The Hall–Kier alpha value is -2.75. The Labute approximate surface area is 148 Å². The first-order valence-corrected chi connectivity index (χ1v) is 8.01. The fraction of sp³-hybridized carbons (Fsp3) is 0.353. The molecular formula is C17H19N3O6. The number of anilines is 1. The lowest BCUT2D eigenvalue weighted by molar-refractivity contribution is -0.0458. The van der Waals surface area contributed by atoms with Crippen LogP contribution in [0.3, 0.4) is 0 Å². The summed E-state index contributed by atoms with van der Waals surface area (Å²) in [7, 11) is 1.53. The Morgan fingerprint density at radius 1 is 1.38 bits per heavy atom. The van der Waals surface area contributed by atoms with Crippen molar-refractivity contribution in [1.82, 2.24) is 9.55 Å². The molecule has 0 saturated carbocycles. The van der Waals surface area contributed by atoms with Gasteiger partial charge in [-0.1, -0.05) is 0 Å². The molecule has 1 fully saturated rings. The van der Waals surface area contributed by atoms with Gasteiger partial charge in [0.15, 0.2) is 0 Å². The Morgan fingerprint density at radius 2 is 2.12 bits per heavy atom. The Morgan fingerprint density at radius 3 is 2.69 bits per heavy atom. The molecule has 2 heterocycles. The van der Waals surface area contributed by atoms with Gasteiger partial charge in [0.25, 0.3) is 5.91 Å². The van der Waals surface area contributed by atoms with Crippen LogP contribution in [-0.4, -0.2) is 51.6 Å². The topological polar surface area (TPSA) is 123 Å². The minimum Gasteiger partial charge on any atom is -0.497 e. The van der Waals surface area contributed by atoms with Gasteiger partial charge in [-0.05, 0) is 30.3 Å². The van der Waals surface area contributed by atoms with Gasteiger partial charge >= 0.3 is 5.69 Å². The molecule has 3 N–H and O–H groups in total. The second kappa shape index (κ2) is 7.65. The number of hydrogen-bond donors (Lipinski definition) is 3. The molecule has 1 aliphatic heterocycles. The number of benzene rings is 1. The number of rotatable bonds is 5. The predicted molar refractivity (Wildman–Crippen MR) is 91.1 cm³/mol. The van der Waals surface area contributed by atoms with Crippen LogP contribution in [0.2, 0.25) is 0 Å². The van der Waals surface area contributed by atoms with Crippen LogP contribution >= 0.6 is 0 Å². The fourth-order valence-corrected chi connectivity index (χ4v) is 2.68. The summed E-state index contributed by atoms with van der Waals surface area (Å²) in [6, 6.07) is 7.96. The van der Waals surface area contributed by atoms with Crippen molar-refractivity contribution in [3.05, 3.63) is 52.6 Å². The molecule has 3 rings (SSSR count). The molecule has 1 saturated heterocycles. The van der Waals surface area contributed by atoms with Gasteiger partial charge in [-0.15, -0.1) is 0 Å². The van der Waals surface area contributed by atoms with E-state index in [0.717, 1.165) is 0 Å². The zero-order valence-corrected chi connectivity index (χ0v) is 14.0. The van der Waals surface area contributed by atoms with Gasteiger partial charge in [0.05, 0.1) is 19.8 Å². The second-order valence-electron chi connectivity index (χ2n) is 5.80. The lowest BCUT2D eigenvalue weighted by Crippen LogP contribution is -2.28. The molecule has 0 aliphatic carbocycles. The summed E-state index contributed by atoms with van der Waals surface area (Å²) >= 11 is 0. The third-order valence-corrected chi connectivity index (χ3v) is 4.12. The summed E-state index contributed by atoms with van der Waals surface area (Å²) in [4.78, 5) is 28.2. The van der Waals surface area contributed by atoms with Gasteiger partial charge in [0.2, 0.25) is 0 Å². The molecule has 1 aromatic heterocycles. The van der Waals surface area contributed by atoms with Crippen molar-refractivity contribution >= 4 is 11.7 Å². The van der Waals surface area contributed by atoms with Crippen molar-refractivity contribution in [3.8, 4) is 5.75 Å². The second-order valence-corrected chi connectivity index (χ2v) is 5.80. The summed E-state index contributed by atoms with van der Waals surface area (Å²) in [5, 5.41) is 21.4. The number of carbonyl (C=O) groups is 1. The highest BCUT2D eigenvalue weighted by Gasteiger charge is 2.34. The van der Waals surface area contributed by atoms with Crippen molar-refractivity contribution in [3.63, 3.8) is 0 Å². The predicted octanol–water partition coefficient (Wildman–Crippen LogP) is 0.145. The first kappa shape index (κ1) is 18.1. The van der Waals surface area contributed by atoms with Gasteiger partial charge in [-0.2, -0.15) is 4.98 Å². The molecule has 2 aromatic rings. The van der Waals surface area contributed by atoms with Crippen LogP contribution in [-0.2, 0) is 4.74 Å². The van der Waals surface area contributed by atoms with Crippen LogP contribution < -0.4 is 15.7 Å². The number of hydrogen-bond acceptors (Lipinski definition) is 7. The van der Waals surface area contributed by atoms with Crippen LogP contribution in [0.1, 0.15) is 23.0 Å². The van der Waals surface area contributed by atoms with E-state index in [-0.39, 0.29) is 18.8 Å². The minimum atomic E-state index is -0.855.